The molecule has 1 atom stereocenters. The Bertz CT molecular complexity index is 431. The number of hydrogen-bond acceptors (Lipinski definition) is 3. The van der Waals surface area contributed by atoms with E-state index in [1.807, 2.05) is 19.2 Å². The maximum absolute atomic E-state index is 10.7. The van der Waals surface area contributed by atoms with Crippen LogP contribution < -0.4 is 9.64 Å². The number of aliphatic carboxylic acids is 1. The molecule has 0 spiro atoms. The Kier molecular flexibility index (Phi) is 3.22. The minimum Gasteiger partial charge on any atom is -0.496 e. The van der Waals surface area contributed by atoms with Crippen LogP contribution in [0.25, 0.3) is 0 Å². The Morgan fingerprint density at radius 2 is 2.35 bits per heavy atom. The minimum absolute atomic E-state index is 0.204. The molecule has 0 saturated carbocycles. The van der Waals surface area contributed by atoms with Crippen LogP contribution in [0.4, 0.5) is 5.69 Å². The van der Waals surface area contributed by atoms with Crippen molar-refractivity contribution in [1.29, 1.82) is 0 Å². The van der Waals surface area contributed by atoms with E-state index in [4.69, 9.17) is 9.84 Å². The Hall–Kier alpha value is -1.71. The van der Waals surface area contributed by atoms with Gasteiger partial charge in [0, 0.05) is 37.2 Å². The van der Waals surface area contributed by atoms with E-state index >= 15 is 0 Å². The lowest BCUT2D eigenvalue weighted by molar-refractivity contribution is -0.137. The summed E-state index contributed by atoms with van der Waals surface area (Å²) in [5.41, 5.74) is 2.30. The fraction of sp³-hybridized carbons (Fsp3) is 0.462. The van der Waals surface area contributed by atoms with Crippen molar-refractivity contribution in [3.63, 3.8) is 0 Å². The smallest absolute Gasteiger partial charge is 0.303 e. The van der Waals surface area contributed by atoms with Crippen molar-refractivity contribution >= 4 is 11.7 Å². The molecule has 1 aliphatic heterocycles. The zero-order valence-electron chi connectivity index (χ0n) is 10.1. The second-order valence-corrected chi connectivity index (χ2v) is 4.40. The molecule has 2 rings (SSSR count). The number of hydrogen-bond donors (Lipinski definition) is 1. The summed E-state index contributed by atoms with van der Waals surface area (Å²) in [5, 5.41) is 8.77. The first kappa shape index (κ1) is 11.8. The largest absolute Gasteiger partial charge is 0.496 e. The fourth-order valence-electron chi connectivity index (χ4n) is 2.51. The Balaban J connectivity index is 2.27. The van der Waals surface area contributed by atoms with Gasteiger partial charge in [-0.15, -0.1) is 0 Å². The van der Waals surface area contributed by atoms with Gasteiger partial charge >= 0.3 is 5.97 Å². The number of carboxylic acids is 1. The van der Waals surface area contributed by atoms with E-state index in [1.54, 1.807) is 7.11 Å². The number of carbonyl (C=O) groups is 1. The first-order valence-electron chi connectivity index (χ1n) is 5.73. The molecule has 0 aromatic heterocycles. The predicted octanol–water partition coefficient (Wildman–Crippen LogP) is 2.09. The van der Waals surface area contributed by atoms with Crippen molar-refractivity contribution in [3.8, 4) is 5.75 Å². The van der Waals surface area contributed by atoms with Crippen LogP contribution in [0.15, 0.2) is 18.2 Å². The molecule has 0 radical (unpaired) electrons. The lowest BCUT2D eigenvalue weighted by atomic mass is 9.95. The topological polar surface area (TPSA) is 49.8 Å². The summed E-state index contributed by atoms with van der Waals surface area (Å²) in [6.45, 7) is 0.864. The number of ether oxygens (including phenoxy) is 1. The van der Waals surface area contributed by atoms with Gasteiger partial charge in [0.15, 0.2) is 0 Å². The maximum Gasteiger partial charge on any atom is 0.303 e. The molecule has 92 valence electrons. The standard InChI is InChI=1S/C13H17NO3/c1-14-8-9(6-7-12(15)16)13-10(14)4-3-5-11(13)17-2/h3-5,9H,6-8H2,1-2H3,(H,15,16). The number of anilines is 1. The molecule has 0 amide bonds. The summed E-state index contributed by atoms with van der Waals surface area (Å²) in [7, 11) is 3.68. The van der Waals surface area contributed by atoms with Crippen LogP contribution in [0.3, 0.4) is 0 Å². The molecule has 1 heterocycles. The van der Waals surface area contributed by atoms with Crippen molar-refractivity contribution in [3.05, 3.63) is 23.8 Å². The number of nitrogens with zero attached hydrogens (tertiary/aromatic N) is 1. The molecule has 1 aromatic rings. The van der Waals surface area contributed by atoms with Gasteiger partial charge in [0.2, 0.25) is 0 Å². The Morgan fingerprint density at radius 3 is 3.00 bits per heavy atom. The second-order valence-electron chi connectivity index (χ2n) is 4.40. The van der Waals surface area contributed by atoms with Crippen LogP contribution in [0.5, 0.6) is 5.75 Å². The molecular weight excluding hydrogens is 218 g/mol. The third-order valence-electron chi connectivity index (χ3n) is 3.28. The normalized spacial score (nSPS) is 18.0. The van der Waals surface area contributed by atoms with Crippen molar-refractivity contribution < 1.29 is 14.6 Å². The van der Waals surface area contributed by atoms with Crippen LogP contribution in [0.2, 0.25) is 0 Å². The summed E-state index contributed by atoms with van der Waals surface area (Å²) >= 11 is 0. The molecule has 0 fully saturated rings. The van der Waals surface area contributed by atoms with E-state index in [-0.39, 0.29) is 12.3 Å². The second kappa shape index (κ2) is 4.65. The monoisotopic (exact) mass is 235 g/mol. The SMILES string of the molecule is COc1cccc2c1C(CCC(=O)O)CN2C. The Morgan fingerprint density at radius 1 is 1.59 bits per heavy atom. The third-order valence-corrected chi connectivity index (χ3v) is 3.28. The molecule has 1 unspecified atom stereocenters. The lowest BCUT2D eigenvalue weighted by Crippen LogP contribution is -2.15. The number of benzene rings is 1. The van der Waals surface area contributed by atoms with Gasteiger partial charge in [-0.2, -0.15) is 0 Å². The molecule has 17 heavy (non-hydrogen) atoms. The van der Waals surface area contributed by atoms with Crippen molar-refractivity contribution in [2.24, 2.45) is 0 Å². The van der Waals surface area contributed by atoms with Crippen LogP contribution in [-0.4, -0.2) is 31.8 Å². The zero-order chi connectivity index (χ0) is 12.4. The number of carboxylic acid groups (broad SMARTS) is 1. The molecule has 0 bridgehead atoms. The number of fused-ring (bicyclic) bond motifs is 1. The molecular formula is C13H17NO3. The molecule has 1 aromatic carbocycles. The summed E-state index contributed by atoms with van der Waals surface area (Å²) in [4.78, 5) is 12.8. The summed E-state index contributed by atoms with van der Waals surface area (Å²) < 4.78 is 5.37. The van der Waals surface area contributed by atoms with Gasteiger partial charge < -0.3 is 14.7 Å². The van der Waals surface area contributed by atoms with Crippen LogP contribution >= 0.6 is 0 Å². The molecule has 1 N–H and O–H groups in total. The average molecular weight is 235 g/mol. The predicted molar refractivity (Wildman–Crippen MR) is 65.9 cm³/mol. The van der Waals surface area contributed by atoms with Crippen molar-refractivity contribution in [2.75, 3.05) is 25.6 Å². The number of methoxy groups -OCH3 is 1. The van der Waals surface area contributed by atoms with Gasteiger partial charge in [-0.25, -0.2) is 0 Å². The third kappa shape index (κ3) is 2.20. The van der Waals surface area contributed by atoms with Crippen molar-refractivity contribution in [1.82, 2.24) is 0 Å². The highest BCUT2D eigenvalue weighted by molar-refractivity contribution is 5.68. The van der Waals surface area contributed by atoms with Crippen LogP contribution in [0, 0.1) is 0 Å². The van der Waals surface area contributed by atoms with Crippen LogP contribution in [0.1, 0.15) is 24.3 Å². The first-order valence-corrected chi connectivity index (χ1v) is 5.73. The van der Waals surface area contributed by atoms with Gasteiger partial charge in [0.05, 0.1) is 7.11 Å². The summed E-state index contributed by atoms with van der Waals surface area (Å²) in [5.74, 6) is 0.375. The summed E-state index contributed by atoms with van der Waals surface area (Å²) in [6, 6.07) is 5.96. The molecule has 0 saturated heterocycles. The minimum atomic E-state index is -0.740. The van der Waals surface area contributed by atoms with Crippen LogP contribution in [-0.2, 0) is 4.79 Å². The van der Waals surface area contributed by atoms with Gasteiger partial charge in [0.1, 0.15) is 5.75 Å². The number of rotatable bonds is 4. The molecule has 0 aliphatic carbocycles. The van der Waals surface area contributed by atoms with E-state index < -0.39 is 5.97 Å². The van der Waals surface area contributed by atoms with E-state index in [2.05, 4.69) is 11.0 Å². The fourth-order valence-corrected chi connectivity index (χ4v) is 2.51. The van der Waals surface area contributed by atoms with Crippen molar-refractivity contribution in [2.45, 2.75) is 18.8 Å². The van der Waals surface area contributed by atoms with E-state index in [0.29, 0.717) is 6.42 Å². The maximum atomic E-state index is 10.7. The molecule has 4 heteroatoms. The highest BCUT2D eigenvalue weighted by Crippen LogP contribution is 2.43. The Labute approximate surface area is 101 Å². The van der Waals surface area contributed by atoms with E-state index in [1.165, 1.54) is 0 Å². The first-order chi connectivity index (χ1) is 8.13. The molecule has 4 nitrogen and oxygen atoms in total. The number of likely N-dealkylation sites (N-methyl/N-ethyl adjacent to an activating group) is 1. The van der Waals surface area contributed by atoms with Gasteiger partial charge in [0.25, 0.3) is 0 Å². The average Bonchev–Trinajstić information content (AvgIpc) is 2.64. The molecule has 1 aliphatic rings. The summed E-state index contributed by atoms with van der Waals surface area (Å²) in [6.07, 6.45) is 0.864. The highest BCUT2D eigenvalue weighted by atomic mass is 16.5. The zero-order valence-corrected chi connectivity index (χ0v) is 10.1. The van der Waals surface area contributed by atoms with Gasteiger partial charge in [-0.05, 0) is 18.6 Å². The van der Waals surface area contributed by atoms with Gasteiger partial charge in [-0.3, -0.25) is 4.79 Å². The van der Waals surface area contributed by atoms with E-state index in [9.17, 15) is 4.79 Å². The van der Waals surface area contributed by atoms with E-state index in [0.717, 1.165) is 23.5 Å². The highest BCUT2D eigenvalue weighted by Gasteiger charge is 2.29. The quantitative estimate of drug-likeness (QED) is 0.868. The van der Waals surface area contributed by atoms with Gasteiger partial charge in [-0.1, -0.05) is 6.07 Å². The lowest BCUT2D eigenvalue weighted by Gasteiger charge is -2.12.